The number of nitrogens with one attached hydrogen (secondary N) is 2. The first-order valence-electron chi connectivity index (χ1n) is 5.06. The number of halogens is 2. The van der Waals surface area contributed by atoms with Crippen LogP contribution in [0.4, 0.5) is 8.78 Å². The number of rotatable bonds is 3. The molecule has 102 valence electrons. The molecule has 0 aliphatic carbocycles. The SMILES string of the molecule is CS(=O)(=O)NC(=O)c1ccc2nc(C(F)F)[nH]c2c1. The van der Waals surface area contributed by atoms with Gasteiger partial charge in [0.15, 0.2) is 5.82 Å². The first-order chi connectivity index (χ1) is 8.76. The molecule has 0 bridgehead atoms. The van der Waals surface area contributed by atoms with Gasteiger partial charge < -0.3 is 4.98 Å². The van der Waals surface area contributed by atoms with E-state index >= 15 is 0 Å². The maximum atomic E-state index is 12.4. The van der Waals surface area contributed by atoms with Crippen LogP contribution in [0.15, 0.2) is 18.2 Å². The number of hydrogen-bond donors (Lipinski definition) is 2. The van der Waals surface area contributed by atoms with Crippen molar-refractivity contribution in [3.63, 3.8) is 0 Å². The van der Waals surface area contributed by atoms with Crippen LogP contribution < -0.4 is 4.72 Å². The van der Waals surface area contributed by atoms with Crippen molar-refractivity contribution < 1.29 is 22.0 Å². The van der Waals surface area contributed by atoms with Gasteiger partial charge in [0.05, 0.1) is 17.3 Å². The predicted molar refractivity (Wildman–Crippen MR) is 63.4 cm³/mol. The lowest BCUT2D eigenvalue weighted by Gasteiger charge is -2.02. The zero-order chi connectivity index (χ0) is 14.2. The zero-order valence-corrected chi connectivity index (χ0v) is 10.5. The van der Waals surface area contributed by atoms with Gasteiger partial charge in [0.2, 0.25) is 10.0 Å². The minimum atomic E-state index is -3.68. The van der Waals surface area contributed by atoms with Crippen LogP contribution in [0.25, 0.3) is 11.0 Å². The molecule has 19 heavy (non-hydrogen) atoms. The van der Waals surface area contributed by atoms with Crippen molar-refractivity contribution in [1.82, 2.24) is 14.7 Å². The lowest BCUT2D eigenvalue weighted by Crippen LogP contribution is -2.29. The average Bonchev–Trinajstić information content (AvgIpc) is 2.69. The van der Waals surface area contributed by atoms with Crippen LogP contribution in [0.1, 0.15) is 22.6 Å². The van der Waals surface area contributed by atoms with Crippen molar-refractivity contribution in [2.75, 3.05) is 6.26 Å². The van der Waals surface area contributed by atoms with E-state index in [1.54, 1.807) is 4.72 Å². The number of benzene rings is 1. The van der Waals surface area contributed by atoms with E-state index in [0.717, 1.165) is 6.26 Å². The molecular formula is C10H9F2N3O3S. The Morgan fingerprint density at radius 2 is 2.11 bits per heavy atom. The number of carbonyl (C=O) groups excluding carboxylic acids is 1. The van der Waals surface area contributed by atoms with Crippen LogP contribution in [0.5, 0.6) is 0 Å². The van der Waals surface area contributed by atoms with Gasteiger partial charge in [-0.25, -0.2) is 26.9 Å². The van der Waals surface area contributed by atoms with Gasteiger partial charge in [-0.3, -0.25) is 4.79 Å². The van der Waals surface area contributed by atoms with E-state index < -0.39 is 28.2 Å². The Morgan fingerprint density at radius 1 is 1.42 bits per heavy atom. The average molecular weight is 289 g/mol. The fraction of sp³-hybridized carbons (Fsp3) is 0.200. The summed E-state index contributed by atoms with van der Waals surface area (Å²) in [5.74, 6) is -1.34. The second kappa shape index (κ2) is 4.57. The Hall–Kier alpha value is -2.03. The molecule has 1 heterocycles. The molecule has 0 aliphatic rings. The Bertz CT molecular complexity index is 740. The molecule has 0 fully saturated rings. The number of nitrogens with zero attached hydrogens (tertiary/aromatic N) is 1. The van der Waals surface area contributed by atoms with Gasteiger partial charge in [-0.15, -0.1) is 0 Å². The molecule has 0 saturated heterocycles. The highest BCUT2D eigenvalue weighted by atomic mass is 32.2. The van der Waals surface area contributed by atoms with E-state index in [4.69, 9.17) is 0 Å². The Balaban J connectivity index is 2.38. The van der Waals surface area contributed by atoms with E-state index in [2.05, 4.69) is 9.97 Å². The molecular weight excluding hydrogens is 280 g/mol. The first-order valence-corrected chi connectivity index (χ1v) is 6.95. The summed E-state index contributed by atoms with van der Waals surface area (Å²) in [5.41, 5.74) is 0.532. The third-order valence-corrected chi connectivity index (χ3v) is 2.80. The van der Waals surface area contributed by atoms with Crippen LogP contribution in [0.3, 0.4) is 0 Å². The predicted octanol–water partition coefficient (Wildman–Crippen LogP) is 1.19. The fourth-order valence-corrected chi connectivity index (χ4v) is 1.96. The van der Waals surface area contributed by atoms with E-state index in [0.29, 0.717) is 0 Å². The zero-order valence-electron chi connectivity index (χ0n) is 9.65. The summed E-state index contributed by atoms with van der Waals surface area (Å²) in [6.07, 6.45) is -1.91. The normalized spacial score (nSPS) is 12.0. The van der Waals surface area contributed by atoms with Crippen molar-refractivity contribution >= 4 is 27.0 Å². The molecule has 2 rings (SSSR count). The van der Waals surface area contributed by atoms with E-state index in [1.807, 2.05) is 0 Å². The maximum absolute atomic E-state index is 12.4. The van der Waals surface area contributed by atoms with Gasteiger partial charge in [0.25, 0.3) is 12.3 Å². The third kappa shape index (κ3) is 3.05. The van der Waals surface area contributed by atoms with Crippen LogP contribution in [0.2, 0.25) is 0 Å². The number of imidazole rings is 1. The highest BCUT2D eigenvalue weighted by Crippen LogP contribution is 2.20. The van der Waals surface area contributed by atoms with Crippen molar-refractivity contribution in [3.05, 3.63) is 29.6 Å². The summed E-state index contributed by atoms with van der Waals surface area (Å²) in [6.45, 7) is 0. The van der Waals surface area contributed by atoms with Crippen LogP contribution in [-0.4, -0.2) is 30.5 Å². The van der Waals surface area contributed by atoms with Crippen LogP contribution in [-0.2, 0) is 10.0 Å². The lowest BCUT2D eigenvalue weighted by atomic mass is 10.2. The lowest BCUT2D eigenvalue weighted by molar-refractivity contribution is 0.0981. The van der Waals surface area contributed by atoms with Gasteiger partial charge in [-0.05, 0) is 18.2 Å². The summed E-state index contributed by atoms with van der Waals surface area (Å²) >= 11 is 0. The summed E-state index contributed by atoms with van der Waals surface area (Å²) < 4.78 is 48.5. The molecule has 6 nitrogen and oxygen atoms in total. The highest BCUT2D eigenvalue weighted by molar-refractivity contribution is 7.89. The number of H-pyrrole nitrogens is 1. The molecule has 0 aliphatic heterocycles. The van der Waals surface area contributed by atoms with E-state index in [-0.39, 0.29) is 16.6 Å². The molecule has 1 amide bonds. The van der Waals surface area contributed by atoms with Crippen LogP contribution in [0, 0.1) is 0 Å². The molecule has 1 aromatic heterocycles. The molecule has 0 unspecified atom stereocenters. The molecule has 0 atom stereocenters. The number of fused-ring (bicyclic) bond motifs is 1. The minimum Gasteiger partial charge on any atom is -0.337 e. The monoisotopic (exact) mass is 289 g/mol. The Labute approximate surface area is 106 Å². The van der Waals surface area contributed by atoms with Gasteiger partial charge >= 0.3 is 0 Å². The van der Waals surface area contributed by atoms with E-state index in [1.165, 1.54) is 18.2 Å². The van der Waals surface area contributed by atoms with Crippen LogP contribution >= 0.6 is 0 Å². The fourth-order valence-electron chi connectivity index (χ4n) is 1.50. The smallest absolute Gasteiger partial charge is 0.295 e. The first kappa shape index (κ1) is 13.4. The molecule has 0 saturated carbocycles. The second-order valence-corrected chi connectivity index (χ2v) is 5.61. The minimum absolute atomic E-state index is 0.0300. The second-order valence-electron chi connectivity index (χ2n) is 3.86. The third-order valence-electron chi connectivity index (χ3n) is 2.25. The summed E-state index contributed by atoms with van der Waals surface area (Å²) in [5, 5.41) is 0. The standard InChI is InChI=1S/C10H9F2N3O3S/c1-19(17,18)15-10(16)5-2-3-6-7(4-5)14-9(13-6)8(11)12/h2-4,8H,1H3,(H,13,14)(H,15,16). The molecule has 2 N–H and O–H groups in total. The van der Waals surface area contributed by atoms with E-state index in [9.17, 15) is 22.0 Å². The largest absolute Gasteiger partial charge is 0.337 e. The van der Waals surface area contributed by atoms with Gasteiger partial charge in [-0.1, -0.05) is 0 Å². The Morgan fingerprint density at radius 3 is 2.68 bits per heavy atom. The highest BCUT2D eigenvalue weighted by Gasteiger charge is 2.15. The Kier molecular flexibility index (Phi) is 3.23. The van der Waals surface area contributed by atoms with Crippen molar-refractivity contribution in [1.29, 1.82) is 0 Å². The van der Waals surface area contributed by atoms with Crippen molar-refractivity contribution in [2.45, 2.75) is 6.43 Å². The number of aromatic nitrogens is 2. The number of hydrogen-bond acceptors (Lipinski definition) is 4. The quantitative estimate of drug-likeness (QED) is 0.887. The summed E-state index contributed by atoms with van der Waals surface area (Å²) in [4.78, 5) is 17.6. The molecule has 1 aromatic carbocycles. The molecule has 0 spiro atoms. The molecule has 2 aromatic rings. The van der Waals surface area contributed by atoms with Gasteiger partial charge in [0, 0.05) is 5.56 Å². The van der Waals surface area contributed by atoms with Gasteiger partial charge in [-0.2, -0.15) is 0 Å². The van der Waals surface area contributed by atoms with Crippen molar-refractivity contribution in [3.8, 4) is 0 Å². The number of sulfonamides is 1. The number of amides is 1. The number of alkyl halides is 2. The van der Waals surface area contributed by atoms with Gasteiger partial charge in [0.1, 0.15) is 0 Å². The summed E-state index contributed by atoms with van der Waals surface area (Å²) in [6, 6.07) is 3.92. The topological polar surface area (TPSA) is 91.9 Å². The molecule has 9 heteroatoms. The van der Waals surface area contributed by atoms with Crippen molar-refractivity contribution in [2.24, 2.45) is 0 Å². The number of aromatic amines is 1. The number of carbonyl (C=O) groups is 1. The molecule has 0 radical (unpaired) electrons. The maximum Gasteiger partial charge on any atom is 0.295 e. The summed E-state index contributed by atoms with van der Waals surface area (Å²) in [7, 11) is -3.68.